The van der Waals surface area contributed by atoms with Crippen LogP contribution >= 0.6 is 0 Å². The maximum absolute atomic E-state index is 14.5. The fraction of sp³-hybridized carbons (Fsp3) is 0.250. The fourth-order valence-electron chi connectivity index (χ4n) is 3.90. The quantitative estimate of drug-likeness (QED) is 0.449. The number of pyridine rings is 1. The second kappa shape index (κ2) is 9.14. The minimum atomic E-state index is -0.797. The lowest BCUT2D eigenvalue weighted by Crippen LogP contribution is -2.44. The van der Waals surface area contributed by atoms with Crippen molar-refractivity contribution >= 4 is 5.82 Å². The number of halogens is 2. The molecule has 0 atom stereocenters. The molecule has 3 aromatic heterocycles. The van der Waals surface area contributed by atoms with E-state index in [9.17, 15) is 8.78 Å². The summed E-state index contributed by atoms with van der Waals surface area (Å²) in [6.45, 7) is 3.83. The number of hydrogen-bond donors (Lipinski definition) is 0. The number of hydrogen-bond acceptors (Lipinski definition) is 7. The predicted octanol–water partition coefficient (Wildman–Crippen LogP) is 3.43. The zero-order chi connectivity index (χ0) is 23.7. The summed E-state index contributed by atoms with van der Waals surface area (Å²) in [5, 5.41) is 4.45. The van der Waals surface area contributed by atoms with Crippen molar-refractivity contribution in [2.75, 3.05) is 45.2 Å². The minimum Gasteiger partial charge on any atom is -0.496 e. The highest BCUT2D eigenvalue weighted by atomic mass is 19.1. The van der Waals surface area contributed by atoms with Crippen LogP contribution < -0.4 is 9.64 Å². The Morgan fingerprint density at radius 1 is 0.971 bits per heavy atom. The zero-order valence-electron chi connectivity index (χ0n) is 18.8. The van der Waals surface area contributed by atoms with E-state index >= 15 is 0 Å². The summed E-state index contributed by atoms with van der Waals surface area (Å²) in [6, 6.07) is 9.44. The molecule has 0 aliphatic carbocycles. The number of ether oxygens (including phenoxy) is 1. The molecule has 0 N–H and O–H groups in total. The van der Waals surface area contributed by atoms with Crippen LogP contribution in [0.1, 0.15) is 0 Å². The highest BCUT2D eigenvalue weighted by Gasteiger charge is 2.19. The monoisotopic (exact) mass is 463 g/mol. The van der Waals surface area contributed by atoms with Crippen molar-refractivity contribution in [3.8, 4) is 34.2 Å². The van der Waals surface area contributed by atoms with Gasteiger partial charge in [-0.25, -0.2) is 28.4 Å². The Balaban J connectivity index is 1.44. The molecule has 1 aromatic carbocycles. The molecule has 1 saturated heterocycles. The van der Waals surface area contributed by atoms with E-state index in [0.717, 1.165) is 44.1 Å². The lowest BCUT2D eigenvalue weighted by molar-refractivity contribution is 0.312. The number of anilines is 1. The van der Waals surface area contributed by atoms with E-state index in [1.807, 2.05) is 18.2 Å². The Kier molecular flexibility index (Phi) is 5.89. The van der Waals surface area contributed by atoms with Gasteiger partial charge in [0, 0.05) is 56.3 Å². The Morgan fingerprint density at radius 3 is 2.56 bits per heavy atom. The first-order chi connectivity index (χ1) is 16.5. The van der Waals surface area contributed by atoms with Crippen molar-refractivity contribution in [3.63, 3.8) is 0 Å². The molecule has 1 aliphatic rings. The number of benzene rings is 1. The third kappa shape index (κ3) is 4.32. The number of methoxy groups -OCH3 is 1. The van der Waals surface area contributed by atoms with Crippen molar-refractivity contribution in [3.05, 3.63) is 66.6 Å². The minimum absolute atomic E-state index is 0.000291. The Labute approximate surface area is 195 Å². The van der Waals surface area contributed by atoms with Crippen LogP contribution in [0, 0.1) is 11.6 Å². The average molecular weight is 463 g/mol. The molecule has 0 spiro atoms. The SMILES string of the molecule is COc1cc(F)cc(F)c1-c1nccc(-c2cnn(-c3cccc(N4CCN(C)CC4)n3)c2)n1. The van der Waals surface area contributed by atoms with E-state index in [1.54, 1.807) is 23.1 Å². The normalized spacial score (nSPS) is 14.4. The molecule has 0 saturated carbocycles. The van der Waals surface area contributed by atoms with Gasteiger partial charge in [0.1, 0.15) is 23.2 Å². The zero-order valence-corrected chi connectivity index (χ0v) is 18.8. The molecule has 1 aliphatic heterocycles. The first-order valence-corrected chi connectivity index (χ1v) is 10.8. The van der Waals surface area contributed by atoms with Gasteiger partial charge in [0.2, 0.25) is 0 Å². The molecule has 0 bridgehead atoms. The van der Waals surface area contributed by atoms with E-state index < -0.39 is 11.6 Å². The van der Waals surface area contributed by atoms with Gasteiger partial charge in [-0.1, -0.05) is 6.07 Å². The molecule has 0 radical (unpaired) electrons. The van der Waals surface area contributed by atoms with Gasteiger partial charge in [-0.3, -0.25) is 0 Å². The predicted molar refractivity (Wildman–Crippen MR) is 124 cm³/mol. The summed E-state index contributed by atoms with van der Waals surface area (Å²) in [4.78, 5) is 18.0. The van der Waals surface area contributed by atoms with Crippen LogP contribution in [0.2, 0.25) is 0 Å². The van der Waals surface area contributed by atoms with Gasteiger partial charge in [0.15, 0.2) is 11.6 Å². The van der Waals surface area contributed by atoms with Gasteiger partial charge in [0.05, 0.1) is 24.6 Å². The van der Waals surface area contributed by atoms with Crippen molar-refractivity contribution in [1.29, 1.82) is 0 Å². The van der Waals surface area contributed by atoms with Crippen LogP contribution in [0.25, 0.3) is 28.5 Å². The number of nitrogens with zero attached hydrogens (tertiary/aromatic N) is 7. The van der Waals surface area contributed by atoms with Crippen LogP contribution in [0.3, 0.4) is 0 Å². The Bertz CT molecular complexity index is 1320. The van der Waals surface area contributed by atoms with Crippen molar-refractivity contribution in [2.45, 2.75) is 0 Å². The fourth-order valence-corrected chi connectivity index (χ4v) is 3.90. The van der Waals surface area contributed by atoms with Gasteiger partial charge >= 0.3 is 0 Å². The second-order valence-electron chi connectivity index (χ2n) is 8.05. The topological polar surface area (TPSA) is 72.2 Å². The molecule has 10 heteroatoms. The smallest absolute Gasteiger partial charge is 0.166 e. The Hall–Kier alpha value is -3.92. The molecule has 4 heterocycles. The largest absolute Gasteiger partial charge is 0.496 e. The summed E-state index contributed by atoms with van der Waals surface area (Å²) in [5.41, 5.74) is 1.24. The third-order valence-electron chi connectivity index (χ3n) is 5.78. The van der Waals surface area contributed by atoms with Crippen LogP contribution in [0.4, 0.5) is 14.6 Å². The molecule has 4 aromatic rings. The summed E-state index contributed by atoms with van der Waals surface area (Å²) >= 11 is 0. The van der Waals surface area contributed by atoms with Crippen LogP contribution in [-0.4, -0.2) is 70.0 Å². The van der Waals surface area contributed by atoms with Gasteiger partial charge in [-0.05, 0) is 25.2 Å². The third-order valence-corrected chi connectivity index (χ3v) is 5.78. The van der Waals surface area contributed by atoms with Crippen molar-refractivity contribution in [2.24, 2.45) is 0 Å². The molecule has 174 valence electrons. The van der Waals surface area contributed by atoms with Crippen LogP contribution in [0.5, 0.6) is 5.75 Å². The van der Waals surface area contributed by atoms with Gasteiger partial charge in [-0.2, -0.15) is 5.10 Å². The van der Waals surface area contributed by atoms with E-state index in [-0.39, 0.29) is 17.1 Å². The number of aromatic nitrogens is 5. The second-order valence-corrected chi connectivity index (χ2v) is 8.05. The van der Waals surface area contributed by atoms with Gasteiger partial charge < -0.3 is 14.5 Å². The van der Waals surface area contributed by atoms with E-state index in [0.29, 0.717) is 17.1 Å². The van der Waals surface area contributed by atoms with Crippen LogP contribution in [0.15, 0.2) is 55.0 Å². The average Bonchev–Trinajstić information content (AvgIpc) is 3.35. The summed E-state index contributed by atoms with van der Waals surface area (Å²) in [7, 11) is 3.46. The summed E-state index contributed by atoms with van der Waals surface area (Å²) < 4.78 is 34.9. The molecule has 0 unspecified atom stereocenters. The van der Waals surface area contributed by atoms with Crippen molar-refractivity contribution in [1.82, 2.24) is 29.6 Å². The van der Waals surface area contributed by atoms with E-state index in [2.05, 4.69) is 31.9 Å². The lowest BCUT2D eigenvalue weighted by Gasteiger charge is -2.33. The molecule has 1 fully saturated rings. The lowest BCUT2D eigenvalue weighted by atomic mass is 10.1. The highest BCUT2D eigenvalue weighted by molar-refractivity contribution is 5.68. The molecule has 5 rings (SSSR count). The Morgan fingerprint density at radius 2 is 1.76 bits per heavy atom. The van der Waals surface area contributed by atoms with E-state index in [1.165, 1.54) is 13.3 Å². The van der Waals surface area contributed by atoms with Gasteiger partial charge in [-0.15, -0.1) is 0 Å². The summed E-state index contributed by atoms with van der Waals surface area (Å²) in [5.74, 6) is 0.176. The molecule has 8 nitrogen and oxygen atoms in total. The van der Waals surface area contributed by atoms with Gasteiger partial charge in [0.25, 0.3) is 0 Å². The number of rotatable bonds is 5. The first-order valence-electron chi connectivity index (χ1n) is 10.8. The maximum atomic E-state index is 14.5. The summed E-state index contributed by atoms with van der Waals surface area (Å²) in [6.07, 6.45) is 4.98. The first kappa shape index (κ1) is 21.9. The van der Waals surface area contributed by atoms with Crippen LogP contribution in [-0.2, 0) is 0 Å². The van der Waals surface area contributed by atoms with Crippen molar-refractivity contribution < 1.29 is 13.5 Å². The standard InChI is InChI=1S/C24H23F2N7O/c1-31-8-10-32(11-9-31)21-4-3-5-22(30-21)33-15-16(14-28-33)19-6-7-27-24(29-19)23-18(26)12-17(25)13-20(23)34-2/h3-7,12-15H,8-11H2,1-2H3. The maximum Gasteiger partial charge on any atom is 0.166 e. The highest BCUT2D eigenvalue weighted by Crippen LogP contribution is 2.32. The molecular weight excluding hydrogens is 440 g/mol. The molecular formula is C24H23F2N7O. The van der Waals surface area contributed by atoms with E-state index in [4.69, 9.17) is 9.72 Å². The number of piperazine rings is 1. The molecule has 34 heavy (non-hydrogen) atoms. The number of likely N-dealkylation sites (N-methyl/N-ethyl adjacent to an activating group) is 1. The molecule has 0 amide bonds.